The largest absolute Gasteiger partial charge is 0.459 e. The van der Waals surface area contributed by atoms with Gasteiger partial charge in [0.25, 0.3) is 5.91 Å². The zero-order chi connectivity index (χ0) is 19.8. The molecule has 5 rings (SSSR count). The molecule has 8 heteroatoms. The number of furan rings is 1. The lowest BCUT2D eigenvalue weighted by Gasteiger charge is -2.29. The van der Waals surface area contributed by atoms with Crippen molar-refractivity contribution in [2.24, 2.45) is 5.92 Å². The van der Waals surface area contributed by atoms with Crippen LogP contribution in [-0.4, -0.2) is 57.7 Å². The van der Waals surface area contributed by atoms with E-state index in [4.69, 9.17) is 9.52 Å². The Kier molecular flexibility index (Phi) is 5.15. The number of rotatable bonds is 5. The fourth-order valence-corrected chi connectivity index (χ4v) is 5.13. The highest BCUT2D eigenvalue weighted by atomic mass is 16.3. The van der Waals surface area contributed by atoms with Crippen LogP contribution in [0.4, 0.5) is 0 Å². The van der Waals surface area contributed by atoms with Crippen molar-refractivity contribution in [1.29, 1.82) is 0 Å². The summed E-state index contributed by atoms with van der Waals surface area (Å²) in [6, 6.07) is 6.75. The Bertz CT molecular complexity index is 847. The average molecular weight is 399 g/mol. The molecule has 0 aromatic carbocycles. The number of carbonyl (C=O) groups is 1. The first-order valence-corrected chi connectivity index (χ1v) is 10.8. The predicted molar refractivity (Wildman–Crippen MR) is 108 cm³/mol. The van der Waals surface area contributed by atoms with Gasteiger partial charge in [0, 0.05) is 31.7 Å². The number of likely N-dealkylation sites (N-methyl/N-ethyl adjacent to an activating group) is 1. The maximum Gasteiger partial charge on any atom is 0.289 e. The van der Waals surface area contributed by atoms with Crippen LogP contribution in [-0.2, 0) is 19.6 Å². The third-order valence-corrected chi connectivity index (χ3v) is 6.60. The van der Waals surface area contributed by atoms with Crippen LogP contribution in [0.5, 0.6) is 0 Å². The molecular weight excluding hydrogens is 368 g/mol. The summed E-state index contributed by atoms with van der Waals surface area (Å²) in [6.45, 7) is 3.79. The number of hydrogen-bond donors (Lipinski definition) is 2. The van der Waals surface area contributed by atoms with E-state index < -0.39 is 0 Å². The molecule has 1 aliphatic carbocycles. The quantitative estimate of drug-likeness (QED) is 0.797. The van der Waals surface area contributed by atoms with Gasteiger partial charge in [0.2, 0.25) is 0 Å². The number of hydrazine groups is 1. The number of amides is 1. The van der Waals surface area contributed by atoms with E-state index in [1.54, 1.807) is 18.4 Å². The molecule has 2 fully saturated rings. The van der Waals surface area contributed by atoms with Gasteiger partial charge >= 0.3 is 0 Å². The van der Waals surface area contributed by atoms with Crippen LogP contribution in [0.15, 0.2) is 28.9 Å². The van der Waals surface area contributed by atoms with Crippen molar-refractivity contribution in [2.75, 3.05) is 20.1 Å². The molecule has 2 aromatic rings. The lowest BCUT2D eigenvalue weighted by atomic mass is 9.81. The third kappa shape index (κ3) is 3.84. The van der Waals surface area contributed by atoms with Gasteiger partial charge in [-0.15, -0.1) is 0 Å². The smallest absolute Gasteiger partial charge is 0.289 e. The first-order chi connectivity index (χ1) is 14.2. The molecule has 4 heterocycles. The fourth-order valence-electron chi connectivity index (χ4n) is 5.13. The van der Waals surface area contributed by atoms with E-state index in [2.05, 4.69) is 28.9 Å². The summed E-state index contributed by atoms with van der Waals surface area (Å²) in [5.41, 5.74) is 9.19. The van der Waals surface area contributed by atoms with Crippen molar-refractivity contribution < 1.29 is 9.21 Å². The monoisotopic (exact) mass is 398 g/mol. The molecule has 156 valence electrons. The lowest BCUT2D eigenvalue weighted by molar-refractivity contribution is 0.0673. The molecule has 3 aliphatic rings. The van der Waals surface area contributed by atoms with E-state index in [0.29, 0.717) is 30.9 Å². The van der Waals surface area contributed by atoms with Gasteiger partial charge in [-0.1, -0.05) is 12.8 Å². The Morgan fingerprint density at radius 1 is 1.31 bits per heavy atom. The van der Waals surface area contributed by atoms with Crippen LogP contribution >= 0.6 is 0 Å². The molecule has 1 saturated heterocycles. The predicted octanol–water partition coefficient (Wildman–Crippen LogP) is 1.60. The topological polar surface area (TPSA) is 78.6 Å². The molecule has 0 spiro atoms. The van der Waals surface area contributed by atoms with E-state index in [1.165, 1.54) is 25.7 Å². The lowest BCUT2D eigenvalue weighted by Crippen LogP contribution is -2.41. The van der Waals surface area contributed by atoms with E-state index in [-0.39, 0.29) is 5.91 Å². The minimum Gasteiger partial charge on any atom is -0.459 e. The number of nitrogens with zero attached hydrogens (tertiary/aromatic N) is 4. The van der Waals surface area contributed by atoms with Crippen molar-refractivity contribution in [3.05, 3.63) is 41.6 Å². The van der Waals surface area contributed by atoms with Crippen LogP contribution in [0.3, 0.4) is 0 Å². The highest BCUT2D eigenvalue weighted by molar-refractivity contribution is 5.91. The van der Waals surface area contributed by atoms with E-state index >= 15 is 0 Å². The zero-order valence-corrected chi connectivity index (χ0v) is 17.0. The van der Waals surface area contributed by atoms with Gasteiger partial charge in [-0.2, -0.15) is 5.10 Å². The van der Waals surface area contributed by atoms with Gasteiger partial charge in [0.15, 0.2) is 5.76 Å². The molecule has 2 aliphatic heterocycles. The van der Waals surface area contributed by atoms with Crippen molar-refractivity contribution in [3.63, 3.8) is 0 Å². The van der Waals surface area contributed by atoms with Crippen LogP contribution < -0.4 is 10.9 Å². The normalized spacial score (nSPS) is 26.6. The summed E-state index contributed by atoms with van der Waals surface area (Å²) in [5, 5.41) is 4.78. The molecule has 8 nitrogen and oxygen atoms in total. The molecular formula is C21H30N6O2. The number of nitrogens with one attached hydrogen (secondary N) is 2. The number of carbonyl (C=O) groups excluding carboxylic acids is 1. The second-order valence-electron chi connectivity index (χ2n) is 8.70. The summed E-state index contributed by atoms with van der Waals surface area (Å²) in [4.78, 5) is 16.7. The maximum absolute atomic E-state index is 12.5. The summed E-state index contributed by atoms with van der Waals surface area (Å²) < 4.78 is 7.31. The first-order valence-electron chi connectivity index (χ1n) is 10.8. The minimum atomic E-state index is -0.0528. The Balaban J connectivity index is 1.19. The third-order valence-electron chi connectivity index (χ3n) is 6.60. The van der Waals surface area contributed by atoms with E-state index in [1.807, 2.05) is 9.58 Å². The molecule has 2 aromatic heterocycles. The Morgan fingerprint density at radius 3 is 3.07 bits per heavy atom. The van der Waals surface area contributed by atoms with Gasteiger partial charge in [0.05, 0.1) is 30.7 Å². The summed E-state index contributed by atoms with van der Waals surface area (Å²) in [7, 11) is 2.17. The molecule has 3 atom stereocenters. The van der Waals surface area contributed by atoms with Crippen molar-refractivity contribution in [2.45, 2.75) is 57.4 Å². The average Bonchev–Trinajstić information content (AvgIpc) is 3.47. The minimum absolute atomic E-state index is 0.0528. The van der Waals surface area contributed by atoms with E-state index in [9.17, 15) is 4.79 Å². The molecule has 29 heavy (non-hydrogen) atoms. The zero-order valence-electron chi connectivity index (χ0n) is 17.0. The van der Waals surface area contributed by atoms with Crippen LogP contribution in [0, 0.1) is 5.92 Å². The molecule has 1 amide bonds. The Morgan fingerprint density at radius 2 is 2.21 bits per heavy atom. The standard InChI is InChI=1S/C21H30N6O2/c1-25(14-19-17-5-2-3-6-18(17)22-23-19)12-15-11-16-13-26(8-9-27(16)24-15)21(28)20-7-4-10-29-20/h4,7,10-11,17-19,22-23H,2-3,5-6,8-9,12-14H2,1H3. The summed E-state index contributed by atoms with van der Waals surface area (Å²) in [5.74, 6) is 1.09. The van der Waals surface area contributed by atoms with Crippen molar-refractivity contribution >= 4 is 5.91 Å². The highest BCUT2D eigenvalue weighted by Crippen LogP contribution is 2.30. The molecule has 3 unspecified atom stereocenters. The maximum atomic E-state index is 12.5. The van der Waals surface area contributed by atoms with E-state index in [0.717, 1.165) is 36.9 Å². The van der Waals surface area contributed by atoms with Crippen LogP contribution in [0.2, 0.25) is 0 Å². The van der Waals surface area contributed by atoms with Gasteiger partial charge in [-0.3, -0.25) is 25.2 Å². The van der Waals surface area contributed by atoms with Crippen molar-refractivity contribution in [1.82, 2.24) is 30.4 Å². The number of fused-ring (bicyclic) bond motifs is 2. The van der Waals surface area contributed by atoms with Gasteiger partial charge in [-0.25, -0.2) is 0 Å². The molecule has 2 N–H and O–H groups in total. The summed E-state index contributed by atoms with van der Waals surface area (Å²) >= 11 is 0. The van der Waals surface area contributed by atoms with Gasteiger partial charge < -0.3 is 9.32 Å². The highest BCUT2D eigenvalue weighted by Gasteiger charge is 2.37. The number of hydrogen-bond acceptors (Lipinski definition) is 6. The second-order valence-corrected chi connectivity index (χ2v) is 8.70. The SMILES string of the molecule is CN(Cc1cc2n(n1)CCN(C(=O)c1ccco1)C2)CC1NNC2CCCCC21. The van der Waals surface area contributed by atoms with Gasteiger partial charge in [-0.05, 0) is 44.0 Å². The number of aromatic nitrogens is 2. The van der Waals surface area contributed by atoms with Crippen molar-refractivity contribution in [3.8, 4) is 0 Å². The van der Waals surface area contributed by atoms with Crippen LogP contribution in [0.1, 0.15) is 47.6 Å². The molecule has 0 bridgehead atoms. The second kappa shape index (κ2) is 7.93. The Labute approximate surface area is 171 Å². The summed E-state index contributed by atoms with van der Waals surface area (Å²) in [6.07, 6.45) is 6.85. The molecule has 0 radical (unpaired) electrons. The van der Waals surface area contributed by atoms with Gasteiger partial charge in [0.1, 0.15) is 0 Å². The Hall–Kier alpha value is -2.16. The first kappa shape index (κ1) is 18.8. The molecule has 1 saturated carbocycles. The fraction of sp³-hybridized carbons (Fsp3) is 0.619. The van der Waals surface area contributed by atoms with Crippen LogP contribution in [0.25, 0.3) is 0 Å².